The van der Waals surface area contributed by atoms with E-state index in [2.05, 4.69) is 34.4 Å². The van der Waals surface area contributed by atoms with E-state index in [9.17, 15) is 4.39 Å². The molecule has 1 aromatic carbocycles. The van der Waals surface area contributed by atoms with Gasteiger partial charge >= 0.3 is 0 Å². The third kappa shape index (κ3) is 5.59. The molecule has 0 aliphatic carbocycles. The zero-order chi connectivity index (χ0) is 19.2. The molecule has 0 aromatic heterocycles. The van der Waals surface area contributed by atoms with Gasteiger partial charge in [0.25, 0.3) is 0 Å². The molecule has 0 unspecified atom stereocenters. The number of hydrogen-bond donors (Lipinski definition) is 2. The van der Waals surface area contributed by atoms with Crippen LogP contribution in [0.2, 0.25) is 0 Å². The number of rotatable bonds is 6. The van der Waals surface area contributed by atoms with Crippen molar-refractivity contribution < 1.29 is 4.39 Å². The number of nitrogens with one attached hydrogen (secondary N) is 2. The second kappa shape index (κ2) is 9.21. The average Bonchev–Trinajstić information content (AvgIpc) is 2.62. The Labute approximate surface area is 157 Å². The third-order valence-corrected chi connectivity index (χ3v) is 5.08. The summed E-state index contributed by atoms with van der Waals surface area (Å²) in [5, 5.41) is 6.69. The van der Waals surface area contributed by atoms with Crippen molar-refractivity contribution in [2.24, 2.45) is 4.99 Å². The highest BCUT2D eigenvalue weighted by Gasteiger charge is 2.27. The highest BCUT2D eigenvalue weighted by Crippen LogP contribution is 2.20. The number of anilines is 1. The van der Waals surface area contributed by atoms with Crippen molar-refractivity contribution in [2.75, 3.05) is 45.7 Å². The fourth-order valence-electron chi connectivity index (χ4n) is 3.34. The van der Waals surface area contributed by atoms with Crippen molar-refractivity contribution in [1.29, 1.82) is 0 Å². The summed E-state index contributed by atoms with van der Waals surface area (Å²) in [6, 6.07) is 5.33. The lowest BCUT2D eigenvalue weighted by Gasteiger charge is -2.41. The second-order valence-electron chi connectivity index (χ2n) is 7.82. The molecule has 1 fully saturated rings. The van der Waals surface area contributed by atoms with Gasteiger partial charge in [-0.25, -0.2) is 4.39 Å². The SMILES string of the molecule is CN=C(NCc1ccc(N(C)C)c(F)c1)NCC(C)(C)N1CCCCC1. The summed E-state index contributed by atoms with van der Waals surface area (Å²) in [4.78, 5) is 8.61. The Balaban J connectivity index is 1.86. The van der Waals surface area contributed by atoms with Crippen LogP contribution in [0.5, 0.6) is 0 Å². The lowest BCUT2D eigenvalue weighted by atomic mass is 9.98. The van der Waals surface area contributed by atoms with Crippen molar-refractivity contribution in [1.82, 2.24) is 15.5 Å². The Morgan fingerprint density at radius 2 is 1.88 bits per heavy atom. The van der Waals surface area contributed by atoms with Crippen LogP contribution in [0.3, 0.4) is 0 Å². The molecule has 1 aromatic rings. The molecule has 2 N–H and O–H groups in total. The van der Waals surface area contributed by atoms with Gasteiger partial charge in [-0.05, 0) is 57.5 Å². The van der Waals surface area contributed by atoms with Gasteiger partial charge in [-0.15, -0.1) is 0 Å². The molecule has 0 spiro atoms. The Morgan fingerprint density at radius 3 is 2.46 bits per heavy atom. The summed E-state index contributed by atoms with van der Waals surface area (Å²) in [5.41, 5.74) is 1.57. The van der Waals surface area contributed by atoms with Gasteiger partial charge in [0.1, 0.15) is 5.82 Å². The number of hydrogen-bond acceptors (Lipinski definition) is 3. The molecule has 0 amide bonds. The molecule has 26 heavy (non-hydrogen) atoms. The topological polar surface area (TPSA) is 42.9 Å². The van der Waals surface area contributed by atoms with Crippen LogP contribution in [0.25, 0.3) is 0 Å². The van der Waals surface area contributed by atoms with Gasteiger partial charge in [0.15, 0.2) is 5.96 Å². The second-order valence-corrected chi connectivity index (χ2v) is 7.82. The number of piperidine rings is 1. The number of aliphatic imine (C=N–C) groups is 1. The zero-order valence-electron chi connectivity index (χ0n) is 16.9. The molecule has 1 aliphatic heterocycles. The normalized spacial score (nSPS) is 16.5. The van der Waals surface area contributed by atoms with Crippen LogP contribution in [0.4, 0.5) is 10.1 Å². The predicted molar refractivity (Wildman–Crippen MR) is 108 cm³/mol. The molecule has 0 bridgehead atoms. The zero-order valence-corrected chi connectivity index (χ0v) is 16.9. The number of benzene rings is 1. The number of likely N-dealkylation sites (tertiary alicyclic amines) is 1. The Kier molecular flexibility index (Phi) is 7.26. The first-order valence-corrected chi connectivity index (χ1v) is 9.49. The van der Waals surface area contributed by atoms with E-state index in [0.29, 0.717) is 12.2 Å². The molecule has 1 aliphatic rings. The van der Waals surface area contributed by atoms with E-state index in [-0.39, 0.29) is 11.4 Å². The molecule has 0 atom stereocenters. The van der Waals surface area contributed by atoms with Gasteiger partial charge in [0.2, 0.25) is 0 Å². The molecule has 146 valence electrons. The highest BCUT2D eigenvalue weighted by atomic mass is 19.1. The fourth-order valence-corrected chi connectivity index (χ4v) is 3.34. The van der Waals surface area contributed by atoms with Crippen LogP contribution in [-0.4, -0.2) is 57.2 Å². The first-order valence-electron chi connectivity index (χ1n) is 9.49. The first kappa shape index (κ1) is 20.5. The van der Waals surface area contributed by atoms with E-state index in [0.717, 1.165) is 31.2 Å². The third-order valence-electron chi connectivity index (χ3n) is 5.08. The number of guanidine groups is 1. The van der Waals surface area contributed by atoms with Gasteiger partial charge in [-0.3, -0.25) is 9.89 Å². The van der Waals surface area contributed by atoms with Crippen LogP contribution in [0.15, 0.2) is 23.2 Å². The van der Waals surface area contributed by atoms with Crippen molar-refractivity contribution >= 4 is 11.6 Å². The van der Waals surface area contributed by atoms with E-state index >= 15 is 0 Å². The van der Waals surface area contributed by atoms with E-state index in [4.69, 9.17) is 0 Å². The largest absolute Gasteiger partial charge is 0.375 e. The molecular weight excluding hydrogens is 329 g/mol. The van der Waals surface area contributed by atoms with E-state index in [1.54, 1.807) is 18.0 Å². The minimum atomic E-state index is -0.205. The van der Waals surface area contributed by atoms with Crippen molar-refractivity contribution in [3.05, 3.63) is 29.6 Å². The summed E-state index contributed by atoms with van der Waals surface area (Å²) in [6.07, 6.45) is 3.90. The van der Waals surface area contributed by atoms with Crippen molar-refractivity contribution in [3.63, 3.8) is 0 Å². The standard InChI is InChI=1S/C20H34FN5/c1-20(2,26-11-7-6-8-12-26)15-24-19(22-3)23-14-16-9-10-18(25(4)5)17(21)13-16/h9-10,13H,6-8,11-12,14-15H2,1-5H3,(H2,22,23,24). The molecule has 5 nitrogen and oxygen atoms in total. The Hall–Kier alpha value is -1.82. The molecule has 1 saturated heterocycles. The monoisotopic (exact) mass is 363 g/mol. The quantitative estimate of drug-likeness (QED) is 0.602. The van der Waals surface area contributed by atoms with Crippen LogP contribution in [0, 0.1) is 5.82 Å². The summed E-state index contributed by atoms with van der Waals surface area (Å²) in [7, 11) is 5.44. The van der Waals surface area contributed by atoms with Crippen LogP contribution >= 0.6 is 0 Å². The fraction of sp³-hybridized carbons (Fsp3) is 0.650. The molecule has 6 heteroatoms. The molecular formula is C20H34FN5. The number of nitrogens with zero attached hydrogens (tertiary/aromatic N) is 3. The van der Waals surface area contributed by atoms with Gasteiger partial charge < -0.3 is 15.5 Å². The molecule has 2 rings (SSSR count). The smallest absolute Gasteiger partial charge is 0.191 e. The minimum Gasteiger partial charge on any atom is -0.375 e. The maximum absolute atomic E-state index is 14.1. The Bertz CT molecular complexity index is 606. The molecule has 1 heterocycles. The highest BCUT2D eigenvalue weighted by molar-refractivity contribution is 5.79. The molecule has 0 saturated carbocycles. The van der Waals surface area contributed by atoms with Gasteiger partial charge in [-0.1, -0.05) is 12.5 Å². The van der Waals surface area contributed by atoms with Gasteiger partial charge in [0, 0.05) is 39.8 Å². The minimum absolute atomic E-state index is 0.0809. The van der Waals surface area contributed by atoms with E-state index < -0.39 is 0 Å². The summed E-state index contributed by atoms with van der Waals surface area (Å²) in [5.74, 6) is 0.538. The summed E-state index contributed by atoms with van der Waals surface area (Å²) < 4.78 is 14.1. The van der Waals surface area contributed by atoms with Gasteiger partial charge in [-0.2, -0.15) is 0 Å². The lowest BCUT2D eigenvalue weighted by Crippen LogP contribution is -2.54. The Morgan fingerprint density at radius 1 is 1.19 bits per heavy atom. The van der Waals surface area contributed by atoms with Gasteiger partial charge in [0.05, 0.1) is 5.69 Å². The van der Waals surface area contributed by atoms with Crippen LogP contribution in [0.1, 0.15) is 38.7 Å². The lowest BCUT2D eigenvalue weighted by molar-refractivity contribution is 0.0982. The van der Waals surface area contributed by atoms with E-state index in [1.807, 2.05) is 26.2 Å². The van der Waals surface area contributed by atoms with Crippen LogP contribution < -0.4 is 15.5 Å². The first-order chi connectivity index (χ1) is 12.3. The molecule has 0 radical (unpaired) electrons. The predicted octanol–water partition coefficient (Wildman–Crippen LogP) is 2.82. The van der Waals surface area contributed by atoms with Crippen molar-refractivity contribution in [3.8, 4) is 0 Å². The maximum Gasteiger partial charge on any atom is 0.191 e. The van der Waals surface area contributed by atoms with E-state index in [1.165, 1.54) is 19.3 Å². The van der Waals surface area contributed by atoms with Crippen LogP contribution in [-0.2, 0) is 6.54 Å². The van der Waals surface area contributed by atoms with Crippen molar-refractivity contribution in [2.45, 2.75) is 45.2 Å². The summed E-state index contributed by atoms with van der Waals surface area (Å²) in [6.45, 7) is 8.23. The average molecular weight is 364 g/mol. The maximum atomic E-state index is 14.1. The summed E-state index contributed by atoms with van der Waals surface area (Å²) >= 11 is 0. The number of halogens is 1.